The second-order valence-electron chi connectivity index (χ2n) is 4.46. The number of hydrogen-bond acceptors (Lipinski definition) is 4. The summed E-state index contributed by atoms with van der Waals surface area (Å²) >= 11 is 5.74. The number of aliphatic hydroxyl groups excluding tert-OH is 1. The summed E-state index contributed by atoms with van der Waals surface area (Å²) in [5.74, 6) is -0.457. The van der Waals surface area contributed by atoms with E-state index in [0.29, 0.717) is 0 Å². The van der Waals surface area contributed by atoms with Crippen molar-refractivity contribution in [2.75, 3.05) is 6.61 Å². The van der Waals surface area contributed by atoms with E-state index in [4.69, 9.17) is 16.7 Å². The lowest BCUT2D eigenvalue weighted by Gasteiger charge is -2.19. The van der Waals surface area contributed by atoms with Crippen molar-refractivity contribution in [3.05, 3.63) is 38.9 Å². The van der Waals surface area contributed by atoms with E-state index in [9.17, 15) is 14.9 Å². The van der Waals surface area contributed by atoms with Crippen LogP contribution in [-0.2, 0) is 0 Å². The number of nitro groups is 1. The lowest BCUT2D eigenvalue weighted by Crippen LogP contribution is -2.41. The maximum absolute atomic E-state index is 11.9. The first-order valence-electron chi connectivity index (χ1n) is 5.72. The Hall–Kier alpha value is -1.66. The number of aliphatic hydroxyl groups is 1. The molecule has 0 bridgehead atoms. The minimum Gasteiger partial charge on any atom is -0.394 e. The molecule has 7 heteroatoms. The number of halogens is 1. The Bertz CT molecular complexity index is 491. The summed E-state index contributed by atoms with van der Waals surface area (Å²) in [7, 11) is 0. The Labute approximate surface area is 115 Å². The fraction of sp³-hybridized carbons (Fsp3) is 0.417. The number of amides is 1. The van der Waals surface area contributed by atoms with Crippen LogP contribution >= 0.6 is 11.6 Å². The molecule has 0 spiro atoms. The van der Waals surface area contributed by atoms with Gasteiger partial charge < -0.3 is 10.4 Å². The zero-order valence-electron chi connectivity index (χ0n) is 10.6. The molecular formula is C12H15ClN2O4. The fourth-order valence-corrected chi connectivity index (χ4v) is 1.71. The van der Waals surface area contributed by atoms with Gasteiger partial charge in [-0.15, -0.1) is 0 Å². The maximum Gasteiger partial charge on any atom is 0.271 e. The molecule has 1 aromatic carbocycles. The van der Waals surface area contributed by atoms with Gasteiger partial charge in [0.15, 0.2) is 0 Å². The van der Waals surface area contributed by atoms with Crippen LogP contribution < -0.4 is 5.32 Å². The minimum atomic E-state index is -0.616. The number of nitro benzene ring substituents is 1. The van der Waals surface area contributed by atoms with Gasteiger partial charge in [0.05, 0.1) is 17.6 Å². The second kappa shape index (κ2) is 6.49. The molecule has 104 valence electrons. The Kier molecular flexibility index (Phi) is 5.26. The standard InChI is InChI=1S/C12H15ClN2O4/c1-7(2)11(6-16)14-12(17)8-3-9(13)5-10(4-8)15(18)19/h3-5,7,11,16H,6H2,1-2H3,(H,14,17). The summed E-state index contributed by atoms with van der Waals surface area (Å²) < 4.78 is 0. The van der Waals surface area contributed by atoms with Crippen molar-refractivity contribution in [3.8, 4) is 0 Å². The second-order valence-corrected chi connectivity index (χ2v) is 4.90. The molecule has 0 radical (unpaired) electrons. The van der Waals surface area contributed by atoms with E-state index in [1.54, 1.807) is 0 Å². The molecule has 0 aliphatic rings. The Morgan fingerprint density at radius 2 is 2.11 bits per heavy atom. The van der Waals surface area contributed by atoms with Crippen molar-refractivity contribution in [2.45, 2.75) is 19.9 Å². The quantitative estimate of drug-likeness (QED) is 0.639. The zero-order chi connectivity index (χ0) is 14.6. The Morgan fingerprint density at radius 3 is 2.58 bits per heavy atom. The largest absolute Gasteiger partial charge is 0.394 e. The Morgan fingerprint density at radius 1 is 1.47 bits per heavy atom. The highest BCUT2D eigenvalue weighted by Crippen LogP contribution is 2.21. The number of carbonyl (C=O) groups excluding carboxylic acids is 1. The van der Waals surface area contributed by atoms with E-state index in [1.807, 2.05) is 13.8 Å². The predicted molar refractivity (Wildman–Crippen MR) is 71.3 cm³/mol. The van der Waals surface area contributed by atoms with Crippen LogP contribution in [0.1, 0.15) is 24.2 Å². The van der Waals surface area contributed by atoms with Crippen molar-refractivity contribution in [1.29, 1.82) is 0 Å². The number of non-ortho nitro benzene ring substituents is 1. The maximum atomic E-state index is 11.9. The molecule has 1 amide bonds. The minimum absolute atomic E-state index is 0.0446. The monoisotopic (exact) mass is 286 g/mol. The highest BCUT2D eigenvalue weighted by molar-refractivity contribution is 6.31. The van der Waals surface area contributed by atoms with E-state index in [-0.39, 0.29) is 28.8 Å². The fourth-order valence-electron chi connectivity index (χ4n) is 1.49. The summed E-state index contributed by atoms with van der Waals surface area (Å²) in [6, 6.07) is 3.25. The molecule has 0 saturated heterocycles. The van der Waals surface area contributed by atoms with Crippen LogP contribution in [0.15, 0.2) is 18.2 Å². The first kappa shape index (κ1) is 15.4. The SMILES string of the molecule is CC(C)C(CO)NC(=O)c1cc(Cl)cc([N+](=O)[O-])c1. The third-order valence-corrected chi connectivity index (χ3v) is 2.89. The predicted octanol–water partition coefficient (Wildman–Crippen LogP) is 1.99. The molecule has 19 heavy (non-hydrogen) atoms. The van der Waals surface area contributed by atoms with Gasteiger partial charge in [-0.25, -0.2) is 0 Å². The van der Waals surface area contributed by atoms with Gasteiger partial charge in [0, 0.05) is 22.7 Å². The smallest absolute Gasteiger partial charge is 0.271 e. The van der Waals surface area contributed by atoms with Gasteiger partial charge in [-0.1, -0.05) is 25.4 Å². The average Bonchev–Trinajstić information content (AvgIpc) is 2.34. The van der Waals surface area contributed by atoms with E-state index in [0.717, 1.165) is 6.07 Å². The van der Waals surface area contributed by atoms with Crippen LogP contribution in [0, 0.1) is 16.0 Å². The summed E-state index contributed by atoms with van der Waals surface area (Å²) in [5, 5.41) is 22.6. The van der Waals surface area contributed by atoms with E-state index in [2.05, 4.69) is 5.32 Å². The van der Waals surface area contributed by atoms with Crippen molar-refractivity contribution in [1.82, 2.24) is 5.32 Å². The van der Waals surface area contributed by atoms with Gasteiger partial charge in [0.1, 0.15) is 0 Å². The molecule has 1 unspecified atom stereocenters. The van der Waals surface area contributed by atoms with Crippen molar-refractivity contribution >= 4 is 23.2 Å². The molecule has 0 fully saturated rings. The van der Waals surface area contributed by atoms with Crippen LogP contribution in [0.3, 0.4) is 0 Å². The summed E-state index contributed by atoms with van der Waals surface area (Å²) in [4.78, 5) is 22.0. The molecule has 1 atom stereocenters. The molecule has 0 aromatic heterocycles. The number of carbonyl (C=O) groups is 1. The lowest BCUT2D eigenvalue weighted by atomic mass is 10.0. The summed E-state index contributed by atoms with van der Waals surface area (Å²) in [6.07, 6.45) is 0. The van der Waals surface area contributed by atoms with E-state index < -0.39 is 16.9 Å². The zero-order valence-corrected chi connectivity index (χ0v) is 11.3. The topological polar surface area (TPSA) is 92.5 Å². The van der Waals surface area contributed by atoms with Crippen LogP contribution in [0.25, 0.3) is 0 Å². The highest BCUT2D eigenvalue weighted by atomic mass is 35.5. The van der Waals surface area contributed by atoms with E-state index >= 15 is 0 Å². The molecule has 2 N–H and O–H groups in total. The van der Waals surface area contributed by atoms with Crippen molar-refractivity contribution in [2.24, 2.45) is 5.92 Å². The molecule has 0 aliphatic carbocycles. The Balaban J connectivity index is 2.96. The molecule has 0 aliphatic heterocycles. The normalized spacial score (nSPS) is 12.3. The lowest BCUT2D eigenvalue weighted by molar-refractivity contribution is -0.384. The summed E-state index contributed by atoms with van der Waals surface area (Å²) in [6.45, 7) is 3.50. The number of nitrogens with zero attached hydrogens (tertiary/aromatic N) is 1. The van der Waals surface area contributed by atoms with Gasteiger partial charge in [-0.3, -0.25) is 14.9 Å². The van der Waals surface area contributed by atoms with Crippen LogP contribution in [0.2, 0.25) is 5.02 Å². The number of hydrogen-bond donors (Lipinski definition) is 2. The number of nitrogens with one attached hydrogen (secondary N) is 1. The van der Waals surface area contributed by atoms with Crippen LogP contribution in [0.4, 0.5) is 5.69 Å². The first-order chi connectivity index (χ1) is 8.85. The molecule has 0 heterocycles. The van der Waals surface area contributed by atoms with Gasteiger partial charge in [-0.05, 0) is 12.0 Å². The van der Waals surface area contributed by atoms with E-state index in [1.165, 1.54) is 12.1 Å². The van der Waals surface area contributed by atoms with Crippen LogP contribution in [-0.4, -0.2) is 28.6 Å². The van der Waals surface area contributed by atoms with Crippen molar-refractivity contribution in [3.63, 3.8) is 0 Å². The van der Waals surface area contributed by atoms with Crippen molar-refractivity contribution < 1.29 is 14.8 Å². The van der Waals surface area contributed by atoms with Gasteiger partial charge in [0.2, 0.25) is 0 Å². The van der Waals surface area contributed by atoms with Crippen LogP contribution in [0.5, 0.6) is 0 Å². The molecular weight excluding hydrogens is 272 g/mol. The first-order valence-corrected chi connectivity index (χ1v) is 6.09. The third-order valence-electron chi connectivity index (χ3n) is 2.67. The molecule has 1 aromatic rings. The highest BCUT2D eigenvalue weighted by Gasteiger charge is 2.18. The summed E-state index contributed by atoms with van der Waals surface area (Å²) in [5.41, 5.74) is -0.152. The molecule has 0 saturated carbocycles. The van der Waals surface area contributed by atoms with Gasteiger partial charge in [0.25, 0.3) is 11.6 Å². The van der Waals surface area contributed by atoms with Gasteiger partial charge >= 0.3 is 0 Å². The third kappa shape index (κ3) is 4.18. The van der Waals surface area contributed by atoms with Gasteiger partial charge in [-0.2, -0.15) is 0 Å². The molecule has 1 rings (SSSR count). The number of rotatable bonds is 5. The average molecular weight is 287 g/mol. The molecule has 6 nitrogen and oxygen atoms in total. The number of benzene rings is 1.